The predicted octanol–water partition coefficient (Wildman–Crippen LogP) is 3.72. The summed E-state index contributed by atoms with van der Waals surface area (Å²) in [5, 5.41) is 0. The number of benzene rings is 2. The van der Waals surface area contributed by atoms with Crippen LogP contribution in [0.4, 0.5) is 0 Å². The van der Waals surface area contributed by atoms with Gasteiger partial charge in [0.25, 0.3) is 0 Å². The van der Waals surface area contributed by atoms with Crippen LogP contribution in [0.15, 0.2) is 72.8 Å². The number of methoxy groups -OCH3 is 1. The van der Waals surface area contributed by atoms with E-state index in [4.69, 9.17) is 18.9 Å². The molecule has 0 aromatic heterocycles. The van der Waals surface area contributed by atoms with E-state index in [0.29, 0.717) is 19.8 Å². The zero-order valence-electron chi connectivity index (χ0n) is 14.4. The first-order valence-electron chi connectivity index (χ1n) is 8.49. The van der Waals surface area contributed by atoms with Crippen LogP contribution in [0.25, 0.3) is 0 Å². The lowest BCUT2D eigenvalue weighted by Gasteiger charge is -2.31. The van der Waals surface area contributed by atoms with Crippen molar-refractivity contribution in [3.05, 3.63) is 83.9 Å². The molecule has 0 amide bonds. The third-order valence-corrected chi connectivity index (χ3v) is 4.04. The molecule has 2 aromatic carbocycles. The average Bonchev–Trinajstić information content (AvgIpc) is 2.68. The Morgan fingerprint density at radius 3 is 2.12 bits per heavy atom. The monoisotopic (exact) mass is 340 g/mol. The van der Waals surface area contributed by atoms with Crippen molar-refractivity contribution in [1.29, 1.82) is 0 Å². The molecule has 3 rings (SSSR count). The van der Waals surface area contributed by atoms with Crippen LogP contribution in [0.3, 0.4) is 0 Å². The van der Waals surface area contributed by atoms with E-state index in [1.54, 1.807) is 7.11 Å². The van der Waals surface area contributed by atoms with Crippen molar-refractivity contribution >= 4 is 0 Å². The van der Waals surface area contributed by atoms with Crippen LogP contribution in [-0.2, 0) is 32.2 Å². The van der Waals surface area contributed by atoms with Crippen LogP contribution in [0.2, 0.25) is 0 Å². The maximum atomic E-state index is 6.03. The summed E-state index contributed by atoms with van der Waals surface area (Å²) in [5.41, 5.74) is 2.27. The number of hydrogen-bond donors (Lipinski definition) is 0. The smallest absolute Gasteiger partial charge is 0.177 e. The third kappa shape index (κ3) is 5.51. The van der Waals surface area contributed by atoms with Crippen LogP contribution >= 0.6 is 0 Å². The fraction of sp³-hybridized carbons (Fsp3) is 0.333. The molecule has 1 aliphatic rings. The van der Waals surface area contributed by atoms with Gasteiger partial charge in [-0.1, -0.05) is 66.7 Å². The van der Waals surface area contributed by atoms with Gasteiger partial charge in [0.1, 0.15) is 12.2 Å². The summed E-state index contributed by atoms with van der Waals surface area (Å²) < 4.78 is 23.1. The highest BCUT2D eigenvalue weighted by Gasteiger charge is 2.28. The standard InChI is InChI=1S/C21H24O4/c1-22-21-13-12-19(24-15-18-10-6-3-7-11-18)20(25-21)16-23-14-17-8-4-2-5-9-17/h2-13,19-21H,14-16H2,1H3/t19-,20-,21+/m1/s1. The molecule has 2 aromatic rings. The Morgan fingerprint density at radius 1 is 0.840 bits per heavy atom. The summed E-state index contributed by atoms with van der Waals surface area (Å²) in [6, 6.07) is 20.2. The summed E-state index contributed by atoms with van der Waals surface area (Å²) >= 11 is 0. The van der Waals surface area contributed by atoms with Crippen molar-refractivity contribution < 1.29 is 18.9 Å². The van der Waals surface area contributed by atoms with E-state index in [0.717, 1.165) is 11.1 Å². The Labute approximate surface area is 149 Å². The first-order valence-corrected chi connectivity index (χ1v) is 8.49. The topological polar surface area (TPSA) is 36.9 Å². The van der Waals surface area contributed by atoms with Gasteiger partial charge >= 0.3 is 0 Å². The maximum Gasteiger partial charge on any atom is 0.177 e. The van der Waals surface area contributed by atoms with E-state index in [-0.39, 0.29) is 18.5 Å². The molecule has 0 radical (unpaired) electrons. The van der Waals surface area contributed by atoms with Crippen LogP contribution in [0, 0.1) is 0 Å². The molecule has 1 aliphatic heterocycles. The summed E-state index contributed by atoms with van der Waals surface area (Å²) in [4.78, 5) is 0. The summed E-state index contributed by atoms with van der Waals surface area (Å²) in [7, 11) is 1.63. The van der Waals surface area contributed by atoms with Gasteiger partial charge in [-0.25, -0.2) is 0 Å². The molecule has 0 saturated carbocycles. The second kappa shape index (κ2) is 9.49. The van der Waals surface area contributed by atoms with E-state index in [9.17, 15) is 0 Å². The largest absolute Gasteiger partial charge is 0.374 e. The van der Waals surface area contributed by atoms with E-state index < -0.39 is 0 Å². The van der Waals surface area contributed by atoms with E-state index in [1.807, 2.05) is 72.8 Å². The van der Waals surface area contributed by atoms with Crippen LogP contribution in [0.5, 0.6) is 0 Å². The molecule has 3 atom stereocenters. The molecule has 25 heavy (non-hydrogen) atoms. The molecule has 132 valence electrons. The molecule has 0 spiro atoms. The molecule has 4 nitrogen and oxygen atoms in total. The van der Waals surface area contributed by atoms with Gasteiger partial charge in [-0.15, -0.1) is 0 Å². The average molecular weight is 340 g/mol. The van der Waals surface area contributed by atoms with Crippen molar-refractivity contribution in [2.45, 2.75) is 31.7 Å². The van der Waals surface area contributed by atoms with Gasteiger partial charge in [-0.05, 0) is 17.2 Å². The van der Waals surface area contributed by atoms with Gasteiger partial charge in [0, 0.05) is 7.11 Å². The van der Waals surface area contributed by atoms with Crippen molar-refractivity contribution in [3.8, 4) is 0 Å². The van der Waals surface area contributed by atoms with Gasteiger partial charge in [0.05, 0.1) is 19.8 Å². The predicted molar refractivity (Wildman–Crippen MR) is 95.9 cm³/mol. The maximum absolute atomic E-state index is 6.03. The first kappa shape index (κ1) is 17.8. The summed E-state index contributed by atoms with van der Waals surface area (Å²) in [6.07, 6.45) is 3.15. The number of ether oxygens (including phenoxy) is 4. The molecule has 0 bridgehead atoms. The van der Waals surface area contributed by atoms with Gasteiger partial charge in [-0.2, -0.15) is 0 Å². The Kier molecular flexibility index (Phi) is 6.77. The Balaban J connectivity index is 1.54. The highest BCUT2D eigenvalue weighted by Crippen LogP contribution is 2.19. The second-order valence-electron chi connectivity index (χ2n) is 5.93. The molecule has 0 fully saturated rings. The number of rotatable bonds is 8. The van der Waals surface area contributed by atoms with Crippen LogP contribution in [-0.4, -0.2) is 32.2 Å². The van der Waals surface area contributed by atoms with Gasteiger partial charge < -0.3 is 18.9 Å². The SMILES string of the molecule is CO[C@@H]1C=C[C@@H](OCc2ccccc2)[C@@H](COCc2ccccc2)O1. The van der Waals surface area contributed by atoms with E-state index >= 15 is 0 Å². The highest BCUT2D eigenvalue weighted by atomic mass is 16.7. The van der Waals surface area contributed by atoms with Gasteiger partial charge in [0.2, 0.25) is 0 Å². The molecule has 4 heteroatoms. The highest BCUT2D eigenvalue weighted by molar-refractivity contribution is 5.14. The quantitative estimate of drug-likeness (QED) is 0.687. The molecule has 0 saturated heterocycles. The minimum atomic E-state index is -0.359. The van der Waals surface area contributed by atoms with Gasteiger partial charge in [-0.3, -0.25) is 0 Å². The molecule has 0 unspecified atom stereocenters. The zero-order valence-corrected chi connectivity index (χ0v) is 14.4. The first-order chi connectivity index (χ1) is 12.3. The minimum Gasteiger partial charge on any atom is -0.374 e. The Morgan fingerprint density at radius 2 is 1.48 bits per heavy atom. The van der Waals surface area contributed by atoms with E-state index in [2.05, 4.69) is 0 Å². The van der Waals surface area contributed by atoms with Crippen molar-refractivity contribution in [2.75, 3.05) is 13.7 Å². The van der Waals surface area contributed by atoms with Crippen molar-refractivity contribution in [3.63, 3.8) is 0 Å². The number of hydrogen-bond acceptors (Lipinski definition) is 4. The fourth-order valence-corrected chi connectivity index (χ4v) is 2.68. The second-order valence-corrected chi connectivity index (χ2v) is 5.93. The fourth-order valence-electron chi connectivity index (χ4n) is 2.68. The zero-order chi connectivity index (χ0) is 17.3. The van der Waals surface area contributed by atoms with Crippen LogP contribution in [0.1, 0.15) is 11.1 Å². The molecule has 0 N–H and O–H groups in total. The van der Waals surface area contributed by atoms with Crippen molar-refractivity contribution in [2.24, 2.45) is 0 Å². The normalized spacial score (nSPS) is 22.8. The lowest BCUT2D eigenvalue weighted by molar-refractivity contribution is -0.185. The summed E-state index contributed by atoms with van der Waals surface area (Å²) in [6.45, 7) is 1.53. The van der Waals surface area contributed by atoms with Gasteiger partial charge in [0.15, 0.2) is 6.29 Å². The molecular formula is C21H24O4. The Hall–Kier alpha value is -1.98. The molecular weight excluding hydrogens is 316 g/mol. The lowest BCUT2D eigenvalue weighted by Crippen LogP contribution is -2.40. The minimum absolute atomic E-state index is 0.164. The molecule has 0 aliphatic carbocycles. The lowest BCUT2D eigenvalue weighted by atomic mass is 10.1. The summed E-state index contributed by atoms with van der Waals surface area (Å²) in [5.74, 6) is 0. The molecule has 1 heterocycles. The van der Waals surface area contributed by atoms with Crippen molar-refractivity contribution in [1.82, 2.24) is 0 Å². The van der Waals surface area contributed by atoms with Crippen LogP contribution < -0.4 is 0 Å². The third-order valence-electron chi connectivity index (χ3n) is 4.04. The Bertz CT molecular complexity index is 641. The van der Waals surface area contributed by atoms with E-state index in [1.165, 1.54) is 0 Å².